The Morgan fingerprint density at radius 2 is 2.00 bits per heavy atom. The number of aromatic nitrogens is 1. The number of carbonyl (C=O) groups excluding carboxylic acids is 1. The van der Waals surface area contributed by atoms with Crippen LogP contribution >= 0.6 is 11.3 Å². The van der Waals surface area contributed by atoms with Gasteiger partial charge in [-0.1, -0.05) is 12.1 Å². The Morgan fingerprint density at radius 3 is 2.77 bits per heavy atom. The fourth-order valence-electron chi connectivity index (χ4n) is 4.03. The van der Waals surface area contributed by atoms with Gasteiger partial charge in [0.2, 0.25) is 5.91 Å². The second-order valence-electron chi connectivity index (χ2n) is 7.03. The zero-order valence-electron chi connectivity index (χ0n) is 15.4. The molecule has 2 aromatic rings. The van der Waals surface area contributed by atoms with Crippen LogP contribution in [0.4, 0.5) is 5.69 Å². The molecule has 6 heteroatoms. The second kappa shape index (κ2) is 7.27. The average molecular weight is 372 g/mol. The Balaban J connectivity index is 1.38. The summed E-state index contributed by atoms with van der Waals surface area (Å²) in [4.78, 5) is 23.3. The van der Waals surface area contributed by atoms with Crippen molar-refractivity contribution in [2.24, 2.45) is 5.92 Å². The molecule has 1 unspecified atom stereocenters. The van der Waals surface area contributed by atoms with E-state index >= 15 is 0 Å². The molecule has 5 nitrogen and oxygen atoms in total. The third-order valence-corrected chi connectivity index (χ3v) is 6.45. The van der Waals surface area contributed by atoms with Crippen LogP contribution in [0.5, 0.6) is 5.75 Å². The summed E-state index contributed by atoms with van der Waals surface area (Å²) in [5, 5.41) is 1.12. The molecule has 0 spiro atoms. The zero-order chi connectivity index (χ0) is 18.1. The van der Waals surface area contributed by atoms with E-state index in [4.69, 9.17) is 4.74 Å². The summed E-state index contributed by atoms with van der Waals surface area (Å²) in [6, 6.07) is 8.10. The van der Waals surface area contributed by atoms with Crippen molar-refractivity contribution in [3.63, 3.8) is 0 Å². The first kappa shape index (κ1) is 17.3. The van der Waals surface area contributed by atoms with Crippen LogP contribution < -0.4 is 9.64 Å². The molecule has 2 heterocycles. The predicted molar refractivity (Wildman–Crippen MR) is 104 cm³/mol. The molecule has 1 aliphatic carbocycles. The van der Waals surface area contributed by atoms with Gasteiger partial charge in [-0.15, -0.1) is 11.3 Å². The van der Waals surface area contributed by atoms with E-state index in [9.17, 15) is 4.79 Å². The Kier molecular flexibility index (Phi) is 4.85. The Hall–Kier alpha value is -2.08. The number of piperazine rings is 1. The summed E-state index contributed by atoms with van der Waals surface area (Å²) in [5.74, 6) is 1.34. The minimum absolute atomic E-state index is 0.125. The molecule has 26 heavy (non-hydrogen) atoms. The van der Waals surface area contributed by atoms with Crippen LogP contribution in [0.3, 0.4) is 0 Å². The molecule has 1 saturated heterocycles. The van der Waals surface area contributed by atoms with Gasteiger partial charge in [0.15, 0.2) is 0 Å². The number of nitrogens with zero attached hydrogens (tertiary/aromatic N) is 3. The number of hydrogen-bond donors (Lipinski definition) is 0. The summed E-state index contributed by atoms with van der Waals surface area (Å²) in [7, 11) is 1.71. The lowest BCUT2D eigenvalue weighted by atomic mass is 9.90. The molecule has 4 rings (SSSR count). The monoisotopic (exact) mass is 371 g/mol. The molecule has 138 valence electrons. The number of rotatable bonds is 3. The fourth-order valence-corrected chi connectivity index (χ4v) is 5.09. The van der Waals surface area contributed by atoms with E-state index in [1.54, 1.807) is 18.4 Å². The largest absolute Gasteiger partial charge is 0.495 e. The van der Waals surface area contributed by atoms with Crippen molar-refractivity contribution in [1.82, 2.24) is 9.88 Å². The van der Waals surface area contributed by atoms with Crippen molar-refractivity contribution in [3.05, 3.63) is 39.8 Å². The van der Waals surface area contributed by atoms with Gasteiger partial charge in [0, 0.05) is 37.0 Å². The van der Waals surface area contributed by atoms with Crippen molar-refractivity contribution in [2.75, 3.05) is 38.2 Å². The number of carbonyl (C=O) groups is 1. The normalized spacial score (nSPS) is 20.0. The molecular weight excluding hydrogens is 346 g/mol. The van der Waals surface area contributed by atoms with Crippen molar-refractivity contribution in [3.8, 4) is 5.75 Å². The first-order chi connectivity index (χ1) is 12.7. The van der Waals surface area contributed by atoms with E-state index in [2.05, 4.69) is 27.8 Å². The van der Waals surface area contributed by atoms with Gasteiger partial charge >= 0.3 is 0 Å². The average Bonchev–Trinajstić information content (AvgIpc) is 3.06. The van der Waals surface area contributed by atoms with Gasteiger partial charge in [-0.3, -0.25) is 4.79 Å². The number of hydrogen-bond acceptors (Lipinski definition) is 5. The van der Waals surface area contributed by atoms with Gasteiger partial charge in [0.25, 0.3) is 0 Å². The number of amides is 1. The molecule has 0 N–H and O–H groups in total. The molecule has 1 amide bonds. The maximum absolute atomic E-state index is 13.0. The van der Waals surface area contributed by atoms with E-state index in [1.807, 2.05) is 18.2 Å². The molecule has 0 saturated carbocycles. The summed E-state index contributed by atoms with van der Waals surface area (Å²) < 4.78 is 5.48. The Labute approximate surface area is 158 Å². The summed E-state index contributed by atoms with van der Waals surface area (Å²) in [5.41, 5.74) is 2.34. The van der Waals surface area contributed by atoms with E-state index in [0.29, 0.717) is 5.91 Å². The number of para-hydroxylation sites is 2. The molecule has 1 fully saturated rings. The third kappa shape index (κ3) is 3.30. The first-order valence-corrected chi connectivity index (χ1v) is 10.1. The van der Waals surface area contributed by atoms with Crippen molar-refractivity contribution >= 4 is 22.9 Å². The lowest BCUT2D eigenvalue weighted by molar-refractivity contribution is -0.136. The van der Waals surface area contributed by atoms with Crippen LogP contribution in [0, 0.1) is 12.8 Å². The maximum Gasteiger partial charge on any atom is 0.226 e. The highest BCUT2D eigenvalue weighted by Crippen LogP contribution is 2.32. The van der Waals surface area contributed by atoms with Crippen molar-refractivity contribution in [2.45, 2.75) is 26.2 Å². The molecular formula is C20H25N3O2S. The number of benzene rings is 1. The molecule has 1 aliphatic heterocycles. The summed E-state index contributed by atoms with van der Waals surface area (Å²) in [6.45, 7) is 5.31. The SMILES string of the molecule is COc1ccccc1N1CCN(C(=O)C2CCc3nc(C)sc3C2)CC1. The second-order valence-corrected chi connectivity index (χ2v) is 8.31. The third-order valence-electron chi connectivity index (χ3n) is 5.41. The van der Waals surface area contributed by atoms with E-state index in [0.717, 1.165) is 61.9 Å². The fraction of sp³-hybridized carbons (Fsp3) is 0.500. The first-order valence-electron chi connectivity index (χ1n) is 9.27. The van der Waals surface area contributed by atoms with Crippen LogP contribution in [-0.2, 0) is 17.6 Å². The number of aryl methyl sites for hydroxylation is 2. The van der Waals surface area contributed by atoms with Gasteiger partial charge in [-0.05, 0) is 38.3 Å². The van der Waals surface area contributed by atoms with Gasteiger partial charge in [-0.2, -0.15) is 0 Å². The summed E-state index contributed by atoms with van der Waals surface area (Å²) >= 11 is 1.76. The number of fused-ring (bicyclic) bond motifs is 1. The van der Waals surface area contributed by atoms with Gasteiger partial charge in [0.1, 0.15) is 5.75 Å². The van der Waals surface area contributed by atoms with Crippen LogP contribution in [0.1, 0.15) is 22.0 Å². The predicted octanol–water partition coefficient (Wildman–Crippen LogP) is 2.91. The minimum atomic E-state index is 0.125. The smallest absolute Gasteiger partial charge is 0.226 e. The molecule has 0 radical (unpaired) electrons. The Bertz CT molecular complexity index is 796. The van der Waals surface area contributed by atoms with Crippen LogP contribution in [-0.4, -0.2) is 49.1 Å². The quantitative estimate of drug-likeness (QED) is 0.832. The van der Waals surface area contributed by atoms with Crippen molar-refractivity contribution < 1.29 is 9.53 Å². The van der Waals surface area contributed by atoms with Gasteiger partial charge in [-0.25, -0.2) is 4.98 Å². The topological polar surface area (TPSA) is 45.7 Å². The van der Waals surface area contributed by atoms with Crippen LogP contribution in [0.25, 0.3) is 0 Å². The number of methoxy groups -OCH3 is 1. The highest BCUT2D eigenvalue weighted by Gasteiger charge is 2.32. The molecule has 2 aliphatic rings. The van der Waals surface area contributed by atoms with Crippen molar-refractivity contribution in [1.29, 1.82) is 0 Å². The molecule has 1 atom stereocenters. The zero-order valence-corrected chi connectivity index (χ0v) is 16.2. The summed E-state index contributed by atoms with van der Waals surface area (Å²) in [6.07, 6.45) is 2.74. The number of ether oxygens (including phenoxy) is 1. The lowest BCUT2D eigenvalue weighted by Gasteiger charge is -2.38. The highest BCUT2D eigenvalue weighted by atomic mass is 32.1. The molecule has 0 bridgehead atoms. The maximum atomic E-state index is 13.0. The minimum Gasteiger partial charge on any atom is -0.495 e. The molecule has 1 aromatic carbocycles. The van der Waals surface area contributed by atoms with E-state index < -0.39 is 0 Å². The molecule has 1 aromatic heterocycles. The Morgan fingerprint density at radius 1 is 1.23 bits per heavy atom. The van der Waals surface area contributed by atoms with E-state index in [-0.39, 0.29) is 5.92 Å². The number of anilines is 1. The number of thiazole rings is 1. The van der Waals surface area contributed by atoms with Crippen LogP contribution in [0.15, 0.2) is 24.3 Å². The van der Waals surface area contributed by atoms with Gasteiger partial charge < -0.3 is 14.5 Å². The van der Waals surface area contributed by atoms with Crippen LogP contribution in [0.2, 0.25) is 0 Å². The highest BCUT2D eigenvalue weighted by molar-refractivity contribution is 7.11. The van der Waals surface area contributed by atoms with Gasteiger partial charge in [0.05, 0.1) is 23.5 Å². The lowest BCUT2D eigenvalue weighted by Crippen LogP contribution is -2.51. The van der Waals surface area contributed by atoms with E-state index in [1.165, 1.54) is 10.6 Å². The standard InChI is InChI=1S/C20H25N3O2S/c1-14-21-16-8-7-15(13-19(16)26-14)20(24)23-11-9-22(10-12-23)17-5-3-4-6-18(17)25-2/h3-6,15H,7-13H2,1-2H3.